The van der Waals surface area contributed by atoms with Gasteiger partial charge >= 0.3 is 5.97 Å². The third-order valence-corrected chi connectivity index (χ3v) is 3.31. The van der Waals surface area contributed by atoms with E-state index in [4.69, 9.17) is 19.9 Å². The molecule has 0 spiro atoms. The van der Waals surface area contributed by atoms with Gasteiger partial charge in [0.15, 0.2) is 0 Å². The predicted octanol–water partition coefficient (Wildman–Crippen LogP) is -3.37. The summed E-state index contributed by atoms with van der Waals surface area (Å²) in [6, 6.07) is 9.61. The lowest BCUT2D eigenvalue weighted by Crippen LogP contribution is -3.10. The molecule has 0 saturated carbocycles. The molecule has 0 aliphatic carbocycles. The van der Waals surface area contributed by atoms with Crippen LogP contribution in [0.5, 0.6) is 0 Å². The number of likely N-dealkylation sites (N-methyl/N-ethyl adjacent to an activating group) is 1. The highest BCUT2D eigenvalue weighted by molar-refractivity contribution is 5.69. The fourth-order valence-electron chi connectivity index (χ4n) is 1.91. The third-order valence-electron chi connectivity index (χ3n) is 3.31. The second-order valence-corrected chi connectivity index (χ2v) is 5.37. The van der Waals surface area contributed by atoms with Gasteiger partial charge in [-0.2, -0.15) is 0 Å². The molecule has 3 N–H and O–H groups in total. The number of rotatable bonds is 13. The first kappa shape index (κ1) is 22.8. The van der Waals surface area contributed by atoms with Gasteiger partial charge in [-0.15, -0.1) is 0 Å². The van der Waals surface area contributed by atoms with Crippen LogP contribution in [-0.2, 0) is 25.6 Å². The summed E-state index contributed by atoms with van der Waals surface area (Å²) in [5.74, 6) is -0.248. The van der Waals surface area contributed by atoms with E-state index in [1.54, 1.807) is 0 Å². The molecule has 0 aromatic heterocycles. The number of carbonyl (C=O) groups excluding carboxylic acids is 1. The zero-order chi connectivity index (χ0) is 16.8. The van der Waals surface area contributed by atoms with Crippen molar-refractivity contribution < 1.29 is 36.3 Å². The summed E-state index contributed by atoms with van der Waals surface area (Å²) in [5, 5.41) is 0. The molecule has 0 saturated heterocycles. The first-order valence-electron chi connectivity index (χ1n) is 8.08. The van der Waals surface area contributed by atoms with Gasteiger partial charge < -0.3 is 37.3 Å². The molecule has 0 fully saturated rings. The number of ether oxygens (including phenoxy) is 3. The van der Waals surface area contributed by atoms with Gasteiger partial charge in [-0.1, -0.05) is 30.3 Å². The average Bonchev–Trinajstić information content (AvgIpc) is 2.56. The summed E-state index contributed by atoms with van der Waals surface area (Å²) in [6.07, 6.45) is 0.260. The SMILES string of the molecule is C[NH+](CCN)CCOCCOCCC(=O)OCc1ccccc1.[Cl-]. The summed E-state index contributed by atoms with van der Waals surface area (Å²) >= 11 is 0. The van der Waals surface area contributed by atoms with Crippen molar-refractivity contribution in [1.82, 2.24) is 0 Å². The molecule has 1 atom stereocenters. The van der Waals surface area contributed by atoms with Crippen molar-refractivity contribution in [3.05, 3.63) is 35.9 Å². The maximum atomic E-state index is 11.5. The summed E-state index contributed by atoms with van der Waals surface area (Å²) in [5.41, 5.74) is 6.46. The Morgan fingerprint density at radius 2 is 1.71 bits per heavy atom. The van der Waals surface area contributed by atoms with Gasteiger partial charge in [0.05, 0.1) is 46.4 Å². The van der Waals surface area contributed by atoms with Crippen LogP contribution >= 0.6 is 0 Å². The average molecular weight is 361 g/mol. The van der Waals surface area contributed by atoms with E-state index in [2.05, 4.69) is 7.05 Å². The van der Waals surface area contributed by atoms with Gasteiger partial charge in [0.25, 0.3) is 0 Å². The standard InChI is InChI=1S/C17H28N2O4.ClH/c1-19(9-8-18)10-12-22-14-13-21-11-7-17(20)23-15-16-5-3-2-4-6-16;/h2-6H,7-15,18H2,1H3;1H. The van der Waals surface area contributed by atoms with Crippen LogP contribution in [0.3, 0.4) is 0 Å². The second-order valence-electron chi connectivity index (χ2n) is 5.37. The van der Waals surface area contributed by atoms with Crippen LogP contribution in [0.1, 0.15) is 12.0 Å². The van der Waals surface area contributed by atoms with Crippen LogP contribution in [0, 0.1) is 0 Å². The van der Waals surface area contributed by atoms with E-state index in [-0.39, 0.29) is 24.8 Å². The Labute approximate surface area is 150 Å². The van der Waals surface area contributed by atoms with Gasteiger partial charge in [0.1, 0.15) is 13.2 Å². The summed E-state index contributed by atoms with van der Waals surface area (Å²) in [6.45, 7) is 4.95. The zero-order valence-electron chi connectivity index (χ0n) is 14.3. The van der Waals surface area contributed by atoms with E-state index in [1.807, 2.05) is 30.3 Å². The Morgan fingerprint density at radius 3 is 2.38 bits per heavy atom. The van der Waals surface area contributed by atoms with Crippen molar-refractivity contribution >= 4 is 5.97 Å². The number of benzene rings is 1. The van der Waals surface area contributed by atoms with Crippen molar-refractivity contribution in [3.8, 4) is 0 Å². The zero-order valence-corrected chi connectivity index (χ0v) is 15.1. The molecular weight excluding hydrogens is 332 g/mol. The summed E-state index contributed by atoms with van der Waals surface area (Å²) in [4.78, 5) is 12.9. The van der Waals surface area contributed by atoms with E-state index in [1.165, 1.54) is 4.90 Å². The quantitative estimate of drug-likeness (QED) is 0.284. The number of hydrogen-bond acceptors (Lipinski definition) is 5. The molecule has 0 bridgehead atoms. The Morgan fingerprint density at radius 1 is 1.04 bits per heavy atom. The second kappa shape index (κ2) is 15.4. The van der Waals surface area contributed by atoms with Gasteiger partial charge in [-0.3, -0.25) is 4.79 Å². The normalized spacial score (nSPS) is 11.6. The van der Waals surface area contributed by atoms with Crippen LogP contribution in [0.25, 0.3) is 0 Å². The van der Waals surface area contributed by atoms with Crippen LogP contribution in [0.4, 0.5) is 0 Å². The van der Waals surface area contributed by atoms with Crippen LogP contribution in [0.15, 0.2) is 30.3 Å². The molecule has 0 radical (unpaired) electrons. The molecule has 0 aliphatic heterocycles. The topological polar surface area (TPSA) is 75.2 Å². The van der Waals surface area contributed by atoms with E-state index in [9.17, 15) is 4.79 Å². The first-order chi connectivity index (χ1) is 11.2. The first-order valence-corrected chi connectivity index (χ1v) is 8.08. The molecule has 138 valence electrons. The molecule has 1 aromatic rings. The Balaban J connectivity index is 0.00000529. The minimum atomic E-state index is -0.248. The van der Waals surface area contributed by atoms with E-state index >= 15 is 0 Å². The highest BCUT2D eigenvalue weighted by atomic mass is 35.5. The van der Waals surface area contributed by atoms with Crippen molar-refractivity contribution in [2.24, 2.45) is 5.73 Å². The maximum Gasteiger partial charge on any atom is 0.308 e. The van der Waals surface area contributed by atoms with Gasteiger partial charge in [0.2, 0.25) is 0 Å². The Hall–Kier alpha value is -1.18. The molecule has 0 amide bonds. The smallest absolute Gasteiger partial charge is 0.308 e. The minimum absolute atomic E-state index is 0. The largest absolute Gasteiger partial charge is 1.00 e. The molecule has 1 unspecified atom stereocenters. The molecule has 24 heavy (non-hydrogen) atoms. The van der Waals surface area contributed by atoms with Crippen molar-refractivity contribution in [2.75, 3.05) is 53.1 Å². The molecule has 0 heterocycles. The lowest BCUT2D eigenvalue weighted by Gasteiger charge is -2.12. The highest BCUT2D eigenvalue weighted by Crippen LogP contribution is 2.01. The number of nitrogens with one attached hydrogen (secondary N) is 1. The van der Waals surface area contributed by atoms with Crippen LogP contribution in [0.2, 0.25) is 0 Å². The monoisotopic (exact) mass is 360 g/mol. The maximum absolute atomic E-state index is 11.5. The van der Waals surface area contributed by atoms with Crippen molar-refractivity contribution in [3.63, 3.8) is 0 Å². The fourth-order valence-corrected chi connectivity index (χ4v) is 1.91. The van der Waals surface area contributed by atoms with Crippen molar-refractivity contribution in [1.29, 1.82) is 0 Å². The fraction of sp³-hybridized carbons (Fsp3) is 0.588. The third kappa shape index (κ3) is 12.3. The number of carbonyl (C=O) groups is 1. The Bertz CT molecular complexity index is 420. The minimum Gasteiger partial charge on any atom is -1.00 e. The predicted molar refractivity (Wildman–Crippen MR) is 88.2 cm³/mol. The molecule has 0 aliphatic rings. The van der Waals surface area contributed by atoms with Crippen LogP contribution in [-0.4, -0.2) is 59.1 Å². The summed E-state index contributed by atoms with van der Waals surface area (Å²) < 4.78 is 16.0. The van der Waals surface area contributed by atoms with E-state index in [0.29, 0.717) is 39.6 Å². The van der Waals surface area contributed by atoms with Crippen molar-refractivity contribution in [2.45, 2.75) is 13.0 Å². The number of hydrogen-bond donors (Lipinski definition) is 2. The lowest BCUT2D eigenvalue weighted by atomic mass is 10.2. The number of halogens is 1. The highest BCUT2D eigenvalue weighted by Gasteiger charge is 2.03. The molecule has 1 rings (SSSR count). The van der Waals surface area contributed by atoms with Gasteiger partial charge in [0, 0.05) is 6.54 Å². The summed E-state index contributed by atoms with van der Waals surface area (Å²) in [7, 11) is 2.09. The van der Waals surface area contributed by atoms with Crippen LogP contribution < -0.4 is 23.0 Å². The number of quaternary nitrogens is 1. The lowest BCUT2D eigenvalue weighted by molar-refractivity contribution is -0.878. The van der Waals surface area contributed by atoms with Gasteiger partial charge in [-0.05, 0) is 5.56 Å². The van der Waals surface area contributed by atoms with Gasteiger partial charge in [-0.25, -0.2) is 0 Å². The number of nitrogens with two attached hydrogens (primary N) is 1. The Kier molecular flexibility index (Phi) is 14.6. The molecule has 7 heteroatoms. The molecule has 6 nitrogen and oxygen atoms in total. The molecule has 1 aromatic carbocycles. The number of esters is 1. The van der Waals surface area contributed by atoms with E-state index in [0.717, 1.165) is 18.7 Å². The molecular formula is C17H29ClN2O4. The van der Waals surface area contributed by atoms with E-state index < -0.39 is 0 Å².